The first-order chi connectivity index (χ1) is 6.49. The van der Waals surface area contributed by atoms with Gasteiger partial charge in [-0.25, -0.2) is 0 Å². The standard InChI is InChI=1S/C12H22N2/c1-11(5-6-12(2,3)4)14-9-7-13-8-10-14/h5-6,13H,1,7-10H2,2-4H3/b6-5+. The third kappa shape index (κ3) is 3.97. The Morgan fingerprint density at radius 2 is 1.86 bits per heavy atom. The summed E-state index contributed by atoms with van der Waals surface area (Å²) in [7, 11) is 0. The highest BCUT2D eigenvalue weighted by molar-refractivity contribution is 5.16. The van der Waals surface area contributed by atoms with Gasteiger partial charge >= 0.3 is 0 Å². The first-order valence-electron chi connectivity index (χ1n) is 5.33. The minimum absolute atomic E-state index is 0.247. The van der Waals surface area contributed by atoms with Gasteiger partial charge in [0.2, 0.25) is 0 Å². The quantitative estimate of drug-likeness (QED) is 0.676. The molecular formula is C12H22N2. The van der Waals surface area contributed by atoms with Gasteiger partial charge < -0.3 is 10.2 Å². The van der Waals surface area contributed by atoms with Crippen LogP contribution >= 0.6 is 0 Å². The first-order valence-corrected chi connectivity index (χ1v) is 5.33. The Balaban J connectivity index is 2.44. The maximum Gasteiger partial charge on any atom is 0.0303 e. The summed E-state index contributed by atoms with van der Waals surface area (Å²) in [5.74, 6) is 0. The van der Waals surface area contributed by atoms with E-state index in [0.717, 1.165) is 31.9 Å². The molecular weight excluding hydrogens is 172 g/mol. The Morgan fingerprint density at radius 3 is 2.36 bits per heavy atom. The summed E-state index contributed by atoms with van der Waals surface area (Å²) >= 11 is 0. The second-order valence-corrected chi connectivity index (χ2v) is 4.93. The number of hydrogen-bond acceptors (Lipinski definition) is 2. The Morgan fingerprint density at radius 1 is 1.29 bits per heavy atom. The topological polar surface area (TPSA) is 15.3 Å². The van der Waals surface area contributed by atoms with Crippen LogP contribution in [-0.2, 0) is 0 Å². The molecule has 14 heavy (non-hydrogen) atoms. The van der Waals surface area contributed by atoms with Gasteiger partial charge in [0.15, 0.2) is 0 Å². The molecule has 1 rings (SSSR count). The predicted molar refractivity (Wildman–Crippen MR) is 62.2 cm³/mol. The van der Waals surface area contributed by atoms with E-state index < -0.39 is 0 Å². The summed E-state index contributed by atoms with van der Waals surface area (Å²) in [6.07, 6.45) is 4.36. The van der Waals surface area contributed by atoms with Crippen LogP contribution in [0, 0.1) is 5.41 Å². The van der Waals surface area contributed by atoms with E-state index in [9.17, 15) is 0 Å². The van der Waals surface area contributed by atoms with Gasteiger partial charge in [-0.15, -0.1) is 0 Å². The summed E-state index contributed by atoms with van der Waals surface area (Å²) in [4.78, 5) is 2.33. The smallest absolute Gasteiger partial charge is 0.0303 e. The SMILES string of the molecule is C=C(/C=C/C(C)(C)C)N1CCNCC1. The van der Waals surface area contributed by atoms with Gasteiger partial charge in [0.1, 0.15) is 0 Å². The molecule has 0 aromatic rings. The van der Waals surface area contributed by atoms with Gasteiger partial charge in [0.05, 0.1) is 0 Å². The third-order valence-corrected chi connectivity index (χ3v) is 2.30. The summed E-state index contributed by atoms with van der Waals surface area (Å²) in [5, 5.41) is 3.34. The monoisotopic (exact) mass is 194 g/mol. The van der Waals surface area contributed by atoms with E-state index >= 15 is 0 Å². The van der Waals surface area contributed by atoms with Crippen molar-refractivity contribution in [2.24, 2.45) is 5.41 Å². The van der Waals surface area contributed by atoms with Crippen LogP contribution in [0.5, 0.6) is 0 Å². The van der Waals surface area contributed by atoms with Crippen LogP contribution in [0.2, 0.25) is 0 Å². The van der Waals surface area contributed by atoms with Crippen molar-refractivity contribution in [3.63, 3.8) is 0 Å². The van der Waals surface area contributed by atoms with Crippen molar-refractivity contribution in [1.29, 1.82) is 0 Å². The Labute approximate surface area is 87.7 Å². The highest BCUT2D eigenvalue weighted by Gasteiger charge is 2.10. The molecule has 0 unspecified atom stereocenters. The van der Waals surface area contributed by atoms with Crippen molar-refractivity contribution >= 4 is 0 Å². The lowest BCUT2D eigenvalue weighted by molar-refractivity contribution is 0.308. The van der Waals surface area contributed by atoms with Gasteiger partial charge in [-0.05, 0) is 11.5 Å². The number of allylic oxidation sites excluding steroid dienone is 2. The summed E-state index contributed by atoms with van der Waals surface area (Å²) in [5.41, 5.74) is 1.39. The molecule has 0 radical (unpaired) electrons. The molecule has 2 heteroatoms. The van der Waals surface area contributed by atoms with Gasteiger partial charge in [-0.3, -0.25) is 0 Å². The number of nitrogens with one attached hydrogen (secondary N) is 1. The second-order valence-electron chi connectivity index (χ2n) is 4.93. The lowest BCUT2D eigenvalue weighted by Gasteiger charge is -2.30. The molecule has 1 N–H and O–H groups in total. The lowest BCUT2D eigenvalue weighted by atomic mass is 9.96. The van der Waals surface area contributed by atoms with E-state index in [2.05, 4.69) is 49.7 Å². The highest BCUT2D eigenvalue weighted by atomic mass is 15.2. The van der Waals surface area contributed by atoms with Crippen molar-refractivity contribution in [3.8, 4) is 0 Å². The molecule has 0 amide bonds. The molecule has 1 heterocycles. The number of rotatable bonds is 2. The van der Waals surface area contributed by atoms with E-state index in [1.54, 1.807) is 0 Å². The molecule has 0 aliphatic carbocycles. The van der Waals surface area contributed by atoms with Crippen LogP contribution in [0.15, 0.2) is 24.4 Å². The van der Waals surface area contributed by atoms with E-state index in [0.29, 0.717) is 0 Å². The fourth-order valence-electron chi connectivity index (χ4n) is 1.40. The molecule has 80 valence electrons. The minimum atomic E-state index is 0.247. The van der Waals surface area contributed by atoms with Crippen molar-refractivity contribution in [3.05, 3.63) is 24.4 Å². The van der Waals surface area contributed by atoms with E-state index in [1.807, 2.05) is 0 Å². The van der Waals surface area contributed by atoms with Gasteiger partial charge in [-0.1, -0.05) is 33.4 Å². The zero-order chi connectivity index (χ0) is 10.6. The van der Waals surface area contributed by atoms with Crippen LogP contribution in [0.25, 0.3) is 0 Å². The van der Waals surface area contributed by atoms with Gasteiger partial charge in [0, 0.05) is 31.9 Å². The average Bonchev–Trinajstić information content (AvgIpc) is 2.14. The van der Waals surface area contributed by atoms with Crippen molar-refractivity contribution in [2.75, 3.05) is 26.2 Å². The van der Waals surface area contributed by atoms with Gasteiger partial charge in [-0.2, -0.15) is 0 Å². The number of hydrogen-bond donors (Lipinski definition) is 1. The molecule has 1 aliphatic rings. The Bertz CT molecular complexity index is 217. The number of piperazine rings is 1. The minimum Gasteiger partial charge on any atom is -0.369 e. The molecule has 0 spiro atoms. The molecule has 2 nitrogen and oxygen atoms in total. The fourth-order valence-corrected chi connectivity index (χ4v) is 1.40. The molecule has 1 fully saturated rings. The zero-order valence-electron chi connectivity index (χ0n) is 9.64. The Hall–Kier alpha value is -0.760. The van der Waals surface area contributed by atoms with E-state index in [1.165, 1.54) is 0 Å². The van der Waals surface area contributed by atoms with Crippen LogP contribution in [-0.4, -0.2) is 31.1 Å². The molecule has 0 saturated carbocycles. The first kappa shape index (κ1) is 11.3. The normalized spacial score (nSPS) is 18.9. The van der Waals surface area contributed by atoms with Crippen molar-refractivity contribution in [2.45, 2.75) is 20.8 Å². The maximum atomic E-state index is 4.09. The summed E-state index contributed by atoms with van der Waals surface area (Å²) in [6, 6.07) is 0. The third-order valence-electron chi connectivity index (χ3n) is 2.30. The summed E-state index contributed by atoms with van der Waals surface area (Å²) < 4.78 is 0. The van der Waals surface area contributed by atoms with E-state index in [4.69, 9.17) is 0 Å². The molecule has 1 saturated heterocycles. The average molecular weight is 194 g/mol. The van der Waals surface area contributed by atoms with Crippen LogP contribution in [0.4, 0.5) is 0 Å². The Kier molecular flexibility index (Phi) is 3.76. The van der Waals surface area contributed by atoms with Crippen molar-refractivity contribution in [1.82, 2.24) is 10.2 Å². The molecule has 1 aliphatic heterocycles. The summed E-state index contributed by atoms with van der Waals surface area (Å²) in [6.45, 7) is 15.0. The second kappa shape index (κ2) is 4.65. The highest BCUT2D eigenvalue weighted by Crippen LogP contribution is 2.16. The van der Waals surface area contributed by atoms with Crippen LogP contribution < -0.4 is 5.32 Å². The molecule has 0 bridgehead atoms. The molecule has 0 aromatic heterocycles. The predicted octanol–water partition coefficient (Wildman–Crippen LogP) is 2.01. The molecule has 0 aromatic carbocycles. The zero-order valence-corrected chi connectivity index (χ0v) is 9.64. The lowest BCUT2D eigenvalue weighted by Crippen LogP contribution is -2.42. The van der Waals surface area contributed by atoms with Gasteiger partial charge in [0.25, 0.3) is 0 Å². The largest absolute Gasteiger partial charge is 0.369 e. The van der Waals surface area contributed by atoms with Crippen LogP contribution in [0.3, 0.4) is 0 Å². The van der Waals surface area contributed by atoms with Crippen LogP contribution in [0.1, 0.15) is 20.8 Å². The maximum absolute atomic E-state index is 4.09. The fraction of sp³-hybridized carbons (Fsp3) is 0.667. The number of nitrogens with zero attached hydrogens (tertiary/aromatic N) is 1. The van der Waals surface area contributed by atoms with Crippen molar-refractivity contribution < 1.29 is 0 Å². The van der Waals surface area contributed by atoms with E-state index in [-0.39, 0.29) is 5.41 Å². The molecule has 0 atom stereocenters.